The predicted octanol–water partition coefficient (Wildman–Crippen LogP) is 7.00. The van der Waals surface area contributed by atoms with Gasteiger partial charge in [0, 0.05) is 57.0 Å². The molecule has 5 nitrogen and oxygen atoms in total. The highest BCUT2D eigenvalue weighted by Gasteiger charge is 2.20. The first-order valence-corrected chi connectivity index (χ1v) is 14.7. The Kier molecular flexibility index (Phi) is 6.81. The summed E-state index contributed by atoms with van der Waals surface area (Å²) < 4.78 is 14.5. The number of hydrogen-bond donors (Lipinski definition) is 1. The summed E-state index contributed by atoms with van der Waals surface area (Å²) in [5.41, 5.74) is 5.28. The molecule has 1 saturated heterocycles. The molecule has 6 heteroatoms. The molecule has 0 bridgehead atoms. The van der Waals surface area contributed by atoms with Crippen LogP contribution in [0.5, 0.6) is 0 Å². The lowest BCUT2D eigenvalue weighted by molar-refractivity contribution is 0.121. The van der Waals surface area contributed by atoms with Crippen LogP contribution in [0.2, 0.25) is 0 Å². The molecule has 6 aromatic rings. The number of benzene rings is 4. The van der Waals surface area contributed by atoms with Crippen molar-refractivity contribution < 1.29 is 9.15 Å². The van der Waals surface area contributed by atoms with Gasteiger partial charge >= 0.3 is 0 Å². The van der Waals surface area contributed by atoms with E-state index in [1.54, 1.807) is 17.4 Å². The van der Waals surface area contributed by atoms with E-state index in [1.165, 1.54) is 31.3 Å². The van der Waals surface area contributed by atoms with Gasteiger partial charge in [-0.1, -0.05) is 72.8 Å². The van der Waals surface area contributed by atoms with Crippen molar-refractivity contribution in [2.75, 3.05) is 37.7 Å². The zero-order chi connectivity index (χ0) is 26.9. The smallest absolute Gasteiger partial charge is 0.200 e. The summed E-state index contributed by atoms with van der Waals surface area (Å²) in [6.45, 7) is 4.38. The van der Waals surface area contributed by atoms with Gasteiger partial charge in [0.15, 0.2) is 11.3 Å². The van der Waals surface area contributed by atoms with Gasteiger partial charge in [-0.05, 0) is 36.2 Å². The van der Waals surface area contributed by atoms with E-state index in [1.807, 2.05) is 12.1 Å². The number of anilines is 1. The molecular weight excluding hydrogens is 516 g/mol. The van der Waals surface area contributed by atoms with Gasteiger partial charge < -0.3 is 19.4 Å². The van der Waals surface area contributed by atoms with Crippen LogP contribution in [0.1, 0.15) is 11.1 Å². The molecule has 1 N–H and O–H groups in total. The summed E-state index contributed by atoms with van der Waals surface area (Å²) in [6.07, 6.45) is 0.993. The van der Waals surface area contributed by atoms with Crippen LogP contribution in [-0.4, -0.2) is 32.8 Å². The average molecular weight is 547 g/mol. The monoisotopic (exact) mass is 546 g/mol. The van der Waals surface area contributed by atoms with E-state index in [0.29, 0.717) is 43.2 Å². The van der Waals surface area contributed by atoms with Crippen molar-refractivity contribution in [3.05, 3.63) is 112 Å². The first-order valence-electron chi connectivity index (χ1n) is 13.8. The Morgan fingerprint density at radius 3 is 2.50 bits per heavy atom. The lowest BCUT2D eigenvalue weighted by atomic mass is 9.97. The topological polar surface area (TPSA) is 54.7 Å². The number of ether oxygens (including phenoxy) is 1. The van der Waals surface area contributed by atoms with Crippen LogP contribution < -0.4 is 15.6 Å². The molecule has 1 aliphatic rings. The van der Waals surface area contributed by atoms with Gasteiger partial charge in [-0.15, -0.1) is 11.3 Å². The van der Waals surface area contributed by atoms with Crippen molar-refractivity contribution >= 4 is 48.4 Å². The average Bonchev–Trinajstić information content (AvgIpc) is 3.40. The molecule has 1 aliphatic heterocycles. The SMILES string of the molecule is O=c1cc(N2CCOCC2)oc2c(-c3ccc(CNCCc4ccccc4)c4c3sc3ccccc34)cccc12. The lowest BCUT2D eigenvalue weighted by Gasteiger charge is -2.27. The van der Waals surface area contributed by atoms with Crippen LogP contribution in [-0.2, 0) is 17.7 Å². The minimum atomic E-state index is -0.0172. The highest BCUT2D eigenvalue weighted by Crippen LogP contribution is 2.43. The number of rotatable bonds is 7. The van der Waals surface area contributed by atoms with Crippen LogP contribution in [0.4, 0.5) is 5.88 Å². The fraction of sp³-hybridized carbons (Fsp3) is 0.206. The standard InChI is InChI=1S/C34H30N2O3S/c37-29-21-31(36-17-19-38-20-18-36)39-33-25(10-6-11-27(29)33)26-14-13-24(22-35-16-15-23-7-2-1-3-8-23)32-28-9-4-5-12-30(28)40-34(26)32/h1-14,21,35H,15-20,22H2. The zero-order valence-corrected chi connectivity index (χ0v) is 23.0. The Morgan fingerprint density at radius 1 is 0.825 bits per heavy atom. The van der Waals surface area contributed by atoms with E-state index < -0.39 is 0 Å². The number of para-hydroxylation sites is 1. The minimum absolute atomic E-state index is 0.0172. The zero-order valence-electron chi connectivity index (χ0n) is 22.2. The number of nitrogens with zero attached hydrogens (tertiary/aromatic N) is 1. The van der Waals surface area contributed by atoms with Crippen molar-refractivity contribution in [1.82, 2.24) is 5.32 Å². The molecule has 0 radical (unpaired) electrons. The predicted molar refractivity (Wildman–Crippen MR) is 166 cm³/mol. The fourth-order valence-corrected chi connectivity index (χ4v) is 6.95. The van der Waals surface area contributed by atoms with Crippen molar-refractivity contribution in [1.29, 1.82) is 0 Å². The molecule has 0 atom stereocenters. The van der Waals surface area contributed by atoms with Gasteiger partial charge in [-0.2, -0.15) is 0 Å². The Bertz CT molecular complexity index is 1870. The Morgan fingerprint density at radius 2 is 1.62 bits per heavy atom. The van der Waals surface area contributed by atoms with Crippen LogP contribution in [0.15, 0.2) is 100 Å². The molecule has 0 saturated carbocycles. The molecule has 200 valence electrons. The second-order valence-electron chi connectivity index (χ2n) is 10.2. The number of thiophene rings is 1. The normalized spacial score (nSPS) is 13.9. The van der Waals surface area contributed by atoms with E-state index in [9.17, 15) is 4.79 Å². The maximum atomic E-state index is 13.2. The van der Waals surface area contributed by atoms with Gasteiger partial charge in [0.25, 0.3) is 0 Å². The summed E-state index contributed by atoms with van der Waals surface area (Å²) in [5, 5.41) is 6.81. The lowest BCUT2D eigenvalue weighted by Crippen LogP contribution is -2.36. The molecule has 40 heavy (non-hydrogen) atoms. The molecule has 0 unspecified atom stereocenters. The summed E-state index contributed by atoms with van der Waals surface area (Å²) in [6, 6.07) is 31.1. The van der Waals surface area contributed by atoms with Crippen LogP contribution in [0.3, 0.4) is 0 Å². The molecular formula is C34H30N2O3S. The van der Waals surface area contributed by atoms with Crippen molar-refractivity contribution in [2.24, 2.45) is 0 Å². The third kappa shape index (κ3) is 4.68. The molecule has 4 aromatic carbocycles. The summed E-state index contributed by atoms with van der Waals surface area (Å²) in [5.74, 6) is 0.611. The van der Waals surface area contributed by atoms with Gasteiger partial charge in [-0.25, -0.2) is 0 Å². The number of nitrogens with one attached hydrogen (secondary N) is 1. The summed E-state index contributed by atoms with van der Waals surface area (Å²) in [7, 11) is 0. The third-order valence-electron chi connectivity index (χ3n) is 7.72. The second-order valence-corrected chi connectivity index (χ2v) is 11.3. The van der Waals surface area contributed by atoms with E-state index in [2.05, 4.69) is 83.0 Å². The van der Waals surface area contributed by atoms with E-state index >= 15 is 0 Å². The molecule has 0 amide bonds. The number of hydrogen-bond acceptors (Lipinski definition) is 6. The van der Waals surface area contributed by atoms with Gasteiger partial charge in [-0.3, -0.25) is 4.79 Å². The van der Waals surface area contributed by atoms with Crippen LogP contribution in [0, 0.1) is 0 Å². The van der Waals surface area contributed by atoms with Crippen LogP contribution >= 0.6 is 11.3 Å². The molecule has 0 spiro atoms. The van der Waals surface area contributed by atoms with Crippen molar-refractivity contribution in [3.63, 3.8) is 0 Å². The largest absolute Gasteiger partial charge is 0.440 e. The molecule has 0 aliphatic carbocycles. The number of fused-ring (bicyclic) bond motifs is 4. The Hall–Kier alpha value is -3.97. The van der Waals surface area contributed by atoms with Gasteiger partial charge in [0.2, 0.25) is 0 Å². The highest BCUT2D eigenvalue weighted by atomic mass is 32.1. The summed E-state index contributed by atoms with van der Waals surface area (Å²) >= 11 is 1.80. The maximum Gasteiger partial charge on any atom is 0.200 e. The molecule has 3 heterocycles. The molecule has 2 aromatic heterocycles. The molecule has 7 rings (SSSR count). The van der Waals surface area contributed by atoms with Crippen molar-refractivity contribution in [3.8, 4) is 11.1 Å². The highest BCUT2D eigenvalue weighted by molar-refractivity contribution is 7.26. The van der Waals surface area contributed by atoms with Gasteiger partial charge in [0.05, 0.1) is 18.6 Å². The third-order valence-corrected chi connectivity index (χ3v) is 8.92. The molecule has 1 fully saturated rings. The Balaban J connectivity index is 1.31. The van der Waals surface area contributed by atoms with Crippen molar-refractivity contribution in [2.45, 2.75) is 13.0 Å². The fourth-order valence-electron chi connectivity index (χ4n) is 5.67. The first-order chi connectivity index (χ1) is 19.8. The van der Waals surface area contributed by atoms with E-state index in [-0.39, 0.29) is 5.43 Å². The quantitative estimate of drug-likeness (QED) is 0.219. The van der Waals surface area contributed by atoms with Gasteiger partial charge in [0.1, 0.15) is 5.58 Å². The van der Waals surface area contributed by atoms with E-state index in [4.69, 9.17) is 9.15 Å². The minimum Gasteiger partial charge on any atom is -0.440 e. The van der Waals surface area contributed by atoms with E-state index in [0.717, 1.165) is 30.6 Å². The first kappa shape index (κ1) is 25.0. The number of morpholine rings is 1. The second kappa shape index (κ2) is 10.9. The summed E-state index contributed by atoms with van der Waals surface area (Å²) in [4.78, 5) is 15.3. The maximum absolute atomic E-state index is 13.2. The van der Waals surface area contributed by atoms with Crippen LogP contribution in [0.25, 0.3) is 42.3 Å². The Labute approximate surface area is 236 Å².